The van der Waals surface area contributed by atoms with Crippen molar-refractivity contribution in [3.63, 3.8) is 0 Å². The topological polar surface area (TPSA) is 37.4 Å². The van der Waals surface area contributed by atoms with E-state index >= 15 is 0 Å². The van der Waals surface area contributed by atoms with E-state index in [0.717, 1.165) is 0 Å². The van der Waals surface area contributed by atoms with Crippen LogP contribution >= 0.6 is 0 Å². The van der Waals surface area contributed by atoms with Gasteiger partial charge in [0.05, 0.1) is 5.75 Å². The highest BCUT2D eigenvalue weighted by molar-refractivity contribution is 7.89. The molecule has 0 unspecified atom stereocenters. The monoisotopic (exact) mass is 219 g/mol. The molecule has 0 saturated carbocycles. The first-order valence-electron chi connectivity index (χ1n) is 5.23. The Morgan fingerprint density at radius 2 is 1.64 bits per heavy atom. The van der Waals surface area contributed by atoms with Gasteiger partial charge in [-0.05, 0) is 17.8 Å². The molecule has 0 spiro atoms. The fraction of sp³-hybridized carbons (Fsp3) is 1.00. The first kappa shape index (κ1) is 12.0. The number of hydrogen-bond acceptors (Lipinski definition) is 2. The van der Waals surface area contributed by atoms with Crippen LogP contribution in [-0.2, 0) is 10.0 Å². The van der Waals surface area contributed by atoms with Crippen molar-refractivity contribution in [2.24, 2.45) is 17.8 Å². The zero-order chi connectivity index (χ0) is 11.1. The van der Waals surface area contributed by atoms with Crippen molar-refractivity contribution >= 4 is 10.0 Å². The summed E-state index contributed by atoms with van der Waals surface area (Å²) < 4.78 is 25.0. The van der Waals surface area contributed by atoms with Crippen molar-refractivity contribution in [1.82, 2.24) is 4.31 Å². The first-order valence-corrected chi connectivity index (χ1v) is 6.84. The van der Waals surface area contributed by atoms with Gasteiger partial charge in [0, 0.05) is 13.1 Å². The summed E-state index contributed by atoms with van der Waals surface area (Å²) >= 11 is 0. The van der Waals surface area contributed by atoms with E-state index in [-0.39, 0.29) is 12.0 Å². The smallest absolute Gasteiger partial charge is 0.212 e. The Morgan fingerprint density at radius 1 is 1.14 bits per heavy atom. The summed E-state index contributed by atoms with van der Waals surface area (Å²) in [5, 5.41) is 0. The molecule has 0 bridgehead atoms. The highest BCUT2D eigenvalue weighted by Crippen LogP contribution is 2.34. The molecule has 0 aliphatic carbocycles. The molecule has 0 aromatic carbocycles. The molecule has 14 heavy (non-hydrogen) atoms. The number of rotatable bonds is 2. The Hall–Kier alpha value is -0.0900. The van der Waals surface area contributed by atoms with Gasteiger partial charge in [0.15, 0.2) is 0 Å². The van der Waals surface area contributed by atoms with Crippen molar-refractivity contribution in [2.75, 3.05) is 12.8 Å². The molecule has 1 saturated heterocycles. The summed E-state index contributed by atoms with van der Waals surface area (Å²) in [4.78, 5) is 0. The summed E-state index contributed by atoms with van der Waals surface area (Å²) in [7, 11) is -1.27. The van der Waals surface area contributed by atoms with Gasteiger partial charge in [-0.3, -0.25) is 0 Å². The Morgan fingerprint density at radius 3 is 1.93 bits per heavy atom. The van der Waals surface area contributed by atoms with E-state index in [0.29, 0.717) is 17.6 Å². The van der Waals surface area contributed by atoms with Gasteiger partial charge in [-0.25, -0.2) is 12.7 Å². The molecule has 84 valence electrons. The molecular formula is C10H21NO2S. The summed E-state index contributed by atoms with van der Waals surface area (Å²) in [5.74, 6) is 1.43. The van der Waals surface area contributed by atoms with Gasteiger partial charge in [-0.2, -0.15) is 0 Å². The van der Waals surface area contributed by atoms with Crippen LogP contribution in [0.1, 0.15) is 27.7 Å². The average molecular weight is 219 g/mol. The normalized spacial score (nSPS) is 33.1. The quantitative estimate of drug-likeness (QED) is 0.707. The van der Waals surface area contributed by atoms with Gasteiger partial charge >= 0.3 is 0 Å². The maximum absolute atomic E-state index is 11.7. The molecule has 4 heteroatoms. The lowest BCUT2D eigenvalue weighted by Crippen LogP contribution is -2.37. The van der Waals surface area contributed by atoms with Gasteiger partial charge < -0.3 is 0 Å². The Bertz CT molecular complexity index is 295. The number of nitrogens with zero attached hydrogens (tertiary/aromatic N) is 1. The lowest BCUT2D eigenvalue weighted by molar-refractivity contribution is 0.212. The van der Waals surface area contributed by atoms with Crippen molar-refractivity contribution in [3.8, 4) is 0 Å². The summed E-state index contributed by atoms with van der Waals surface area (Å²) in [6.45, 7) is 8.40. The van der Waals surface area contributed by atoms with Crippen LogP contribution in [0.3, 0.4) is 0 Å². The van der Waals surface area contributed by atoms with E-state index in [2.05, 4.69) is 27.7 Å². The fourth-order valence-corrected chi connectivity index (χ4v) is 4.49. The summed E-state index contributed by atoms with van der Waals surface area (Å²) in [5.41, 5.74) is 0. The molecule has 1 fully saturated rings. The second-order valence-electron chi connectivity index (χ2n) is 4.94. The molecule has 0 N–H and O–H groups in total. The van der Waals surface area contributed by atoms with E-state index in [4.69, 9.17) is 0 Å². The maximum atomic E-state index is 11.7. The first-order chi connectivity index (χ1) is 6.27. The van der Waals surface area contributed by atoms with Crippen LogP contribution in [0.2, 0.25) is 0 Å². The molecule has 3 nitrogen and oxygen atoms in total. The minimum atomic E-state index is -2.98. The maximum Gasteiger partial charge on any atom is 0.214 e. The summed E-state index contributed by atoms with van der Waals surface area (Å²) in [6, 6.07) is 0.181. The zero-order valence-electron chi connectivity index (χ0n) is 9.69. The largest absolute Gasteiger partial charge is 0.214 e. The second kappa shape index (κ2) is 3.81. The molecule has 1 heterocycles. The van der Waals surface area contributed by atoms with E-state index in [9.17, 15) is 8.42 Å². The van der Waals surface area contributed by atoms with Crippen LogP contribution in [0.15, 0.2) is 0 Å². The third-order valence-corrected chi connectivity index (χ3v) is 5.17. The van der Waals surface area contributed by atoms with Crippen LogP contribution in [0.25, 0.3) is 0 Å². The Kier molecular flexibility index (Phi) is 3.26. The van der Waals surface area contributed by atoms with Crippen LogP contribution in [0.5, 0.6) is 0 Å². The van der Waals surface area contributed by atoms with E-state index in [1.54, 1.807) is 11.4 Å². The Labute approximate surface area is 87.5 Å². The predicted molar refractivity (Wildman–Crippen MR) is 58.5 cm³/mol. The van der Waals surface area contributed by atoms with Crippen LogP contribution in [0.4, 0.5) is 0 Å². The van der Waals surface area contributed by atoms with E-state index in [1.165, 1.54) is 0 Å². The molecule has 0 radical (unpaired) electrons. The van der Waals surface area contributed by atoms with Crippen LogP contribution < -0.4 is 0 Å². The van der Waals surface area contributed by atoms with Crippen LogP contribution in [-0.4, -0.2) is 31.6 Å². The minimum Gasteiger partial charge on any atom is -0.212 e. The molecule has 0 aromatic heterocycles. The fourth-order valence-electron chi connectivity index (χ4n) is 2.42. The summed E-state index contributed by atoms with van der Waals surface area (Å²) in [6.07, 6.45) is 0. The Balaban J connectivity index is 3.00. The van der Waals surface area contributed by atoms with Gasteiger partial charge in [-0.1, -0.05) is 27.7 Å². The van der Waals surface area contributed by atoms with E-state index in [1.807, 2.05) is 0 Å². The third kappa shape index (κ3) is 1.96. The average Bonchev–Trinajstić information content (AvgIpc) is 2.23. The number of sulfonamides is 1. The predicted octanol–water partition coefficient (Wildman–Crippen LogP) is 1.56. The van der Waals surface area contributed by atoms with Gasteiger partial charge in [-0.15, -0.1) is 0 Å². The van der Waals surface area contributed by atoms with Crippen molar-refractivity contribution in [2.45, 2.75) is 33.7 Å². The third-order valence-electron chi connectivity index (χ3n) is 3.24. The lowest BCUT2D eigenvalue weighted by Gasteiger charge is -2.28. The molecule has 2 atom stereocenters. The minimum absolute atomic E-state index is 0.181. The van der Waals surface area contributed by atoms with Gasteiger partial charge in [0.1, 0.15) is 0 Å². The molecule has 0 amide bonds. The molecule has 1 aliphatic rings. The zero-order valence-corrected chi connectivity index (χ0v) is 10.5. The van der Waals surface area contributed by atoms with Crippen molar-refractivity contribution < 1.29 is 8.42 Å². The van der Waals surface area contributed by atoms with Crippen molar-refractivity contribution in [3.05, 3.63) is 0 Å². The van der Waals surface area contributed by atoms with Gasteiger partial charge in [0.2, 0.25) is 10.0 Å². The highest BCUT2D eigenvalue weighted by Gasteiger charge is 2.44. The molecule has 0 aromatic rings. The second-order valence-corrected chi connectivity index (χ2v) is 7.01. The lowest BCUT2D eigenvalue weighted by atomic mass is 9.84. The molecular weight excluding hydrogens is 198 g/mol. The van der Waals surface area contributed by atoms with Gasteiger partial charge in [0.25, 0.3) is 0 Å². The SMILES string of the molecule is CC(C)[C@H]1CS(=O)(=O)N(C)[C@H]1C(C)C. The van der Waals surface area contributed by atoms with Crippen LogP contribution in [0, 0.1) is 17.8 Å². The standard InChI is InChI=1S/C10H21NO2S/c1-7(2)9-6-14(12,13)11(5)10(9)8(3)4/h7-10H,6H2,1-5H3/t9-,10+/m1/s1. The molecule has 1 aliphatic heterocycles. The molecule has 1 rings (SSSR count). The highest BCUT2D eigenvalue weighted by atomic mass is 32.2. The van der Waals surface area contributed by atoms with Crippen molar-refractivity contribution in [1.29, 1.82) is 0 Å². The number of hydrogen-bond donors (Lipinski definition) is 0. The van der Waals surface area contributed by atoms with E-state index < -0.39 is 10.0 Å².